The van der Waals surface area contributed by atoms with Gasteiger partial charge >= 0.3 is 0 Å². The lowest BCUT2D eigenvalue weighted by Crippen LogP contribution is -2.28. The monoisotopic (exact) mass is 245 g/mol. The highest BCUT2D eigenvalue weighted by Gasteiger charge is 2.28. The summed E-state index contributed by atoms with van der Waals surface area (Å²) in [5, 5.41) is 8.56. The first kappa shape index (κ1) is 11.5. The Morgan fingerprint density at radius 3 is 2.89 bits per heavy atom. The summed E-state index contributed by atoms with van der Waals surface area (Å²) >= 11 is 0. The lowest BCUT2D eigenvalue weighted by Gasteiger charge is -2.19. The third-order valence-corrected chi connectivity index (χ3v) is 3.77. The lowest BCUT2D eigenvalue weighted by molar-refractivity contribution is 0.271. The van der Waals surface area contributed by atoms with E-state index in [1.54, 1.807) is 0 Å². The number of hydrogen-bond acceptors (Lipinski definition) is 4. The molecular formula is C13H19N5. The molecule has 3 rings (SSSR count). The van der Waals surface area contributed by atoms with Gasteiger partial charge in [0.2, 0.25) is 0 Å². The minimum Gasteiger partial charge on any atom is -0.398 e. The van der Waals surface area contributed by atoms with Gasteiger partial charge in [0.15, 0.2) is 5.65 Å². The first-order valence-electron chi connectivity index (χ1n) is 6.49. The second-order valence-corrected chi connectivity index (χ2v) is 5.32. The van der Waals surface area contributed by atoms with Crippen molar-refractivity contribution in [2.75, 3.05) is 18.8 Å². The van der Waals surface area contributed by atoms with E-state index in [-0.39, 0.29) is 0 Å². The molecule has 0 spiro atoms. The van der Waals surface area contributed by atoms with Gasteiger partial charge in [-0.05, 0) is 38.9 Å². The Morgan fingerprint density at radius 1 is 1.33 bits per heavy atom. The second kappa shape index (κ2) is 4.24. The SMILES string of the molecule is CC(C)N1CCC(c2nnc3ccc(N)cn23)C1. The molecule has 3 heterocycles. The Morgan fingerprint density at radius 2 is 2.17 bits per heavy atom. The third kappa shape index (κ3) is 1.84. The zero-order valence-electron chi connectivity index (χ0n) is 10.9. The van der Waals surface area contributed by atoms with Crippen LogP contribution in [0.2, 0.25) is 0 Å². The Hall–Kier alpha value is -1.62. The van der Waals surface area contributed by atoms with Gasteiger partial charge in [-0.2, -0.15) is 0 Å². The summed E-state index contributed by atoms with van der Waals surface area (Å²) in [6.07, 6.45) is 3.07. The van der Waals surface area contributed by atoms with Crippen LogP contribution in [0.25, 0.3) is 5.65 Å². The van der Waals surface area contributed by atoms with Gasteiger partial charge in [0.1, 0.15) is 5.82 Å². The molecule has 0 aliphatic carbocycles. The number of fused-ring (bicyclic) bond motifs is 1. The molecule has 96 valence electrons. The van der Waals surface area contributed by atoms with Crippen LogP contribution in [0, 0.1) is 0 Å². The largest absolute Gasteiger partial charge is 0.398 e. The third-order valence-electron chi connectivity index (χ3n) is 3.77. The van der Waals surface area contributed by atoms with Crippen molar-refractivity contribution in [3.8, 4) is 0 Å². The van der Waals surface area contributed by atoms with Crippen LogP contribution in [0.15, 0.2) is 18.3 Å². The number of nitrogens with two attached hydrogens (primary N) is 1. The summed E-state index contributed by atoms with van der Waals surface area (Å²) in [6, 6.07) is 4.38. The van der Waals surface area contributed by atoms with Crippen molar-refractivity contribution in [1.82, 2.24) is 19.5 Å². The number of aromatic nitrogens is 3. The van der Waals surface area contributed by atoms with Crippen molar-refractivity contribution in [2.24, 2.45) is 0 Å². The molecule has 1 saturated heterocycles. The van der Waals surface area contributed by atoms with Crippen LogP contribution in [-0.4, -0.2) is 38.6 Å². The van der Waals surface area contributed by atoms with Gasteiger partial charge < -0.3 is 10.6 Å². The minimum atomic E-state index is 0.462. The fourth-order valence-corrected chi connectivity index (χ4v) is 2.67. The fraction of sp³-hybridized carbons (Fsp3) is 0.538. The van der Waals surface area contributed by atoms with Gasteiger partial charge in [0, 0.05) is 30.4 Å². The van der Waals surface area contributed by atoms with Crippen molar-refractivity contribution in [3.63, 3.8) is 0 Å². The van der Waals surface area contributed by atoms with Crippen molar-refractivity contribution < 1.29 is 0 Å². The Balaban J connectivity index is 1.93. The van der Waals surface area contributed by atoms with Crippen LogP contribution in [-0.2, 0) is 0 Å². The fourth-order valence-electron chi connectivity index (χ4n) is 2.67. The maximum absolute atomic E-state index is 5.84. The summed E-state index contributed by atoms with van der Waals surface area (Å²) < 4.78 is 2.03. The Labute approximate surface area is 107 Å². The van der Waals surface area contributed by atoms with Gasteiger partial charge in [-0.25, -0.2) is 0 Å². The number of rotatable bonds is 2. The van der Waals surface area contributed by atoms with Crippen molar-refractivity contribution in [3.05, 3.63) is 24.2 Å². The van der Waals surface area contributed by atoms with E-state index in [0.29, 0.717) is 12.0 Å². The molecule has 1 atom stereocenters. The number of nitrogen functional groups attached to an aromatic ring is 1. The van der Waals surface area contributed by atoms with E-state index in [1.165, 1.54) is 0 Å². The molecule has 0 saturated carbocycles. The van der Waals surface area contributed by atoms with Crippen molar-refractivity contribution in [1.29, 1.82) is 0 Å². The highest BCUT2D eigenvalue weighted by molar-refractivity contribution is 5.47. The van der Waals surface area contributed by atoms with Crippen LogP contribution in [0.3, 0.4) is 0 Å². The van der Waals surface area contributed by atoms with Gasteiger partial charge in [-0.15, -0.1) is 10.2 Å². The van der Waals surface area contributed by atoms with E-state index in [9.17, 15) is 0 Å². The topological polar surface area (TPSA) is 59.5 Å². The molecule has 0 aromatic carbocycles. The van der Waals surface area contributed by atoms with Gasteiger partial charge in [-0.1, -0.05) is 0 Å². The number of pyridine rings is 1. The van der Waals surface area contributed by atoms with Crippen LogP contribution in [0.5, 0.6) is 0 Å². The van der Waals surface area contributed by atoms with Crippen LogP contribution in [0.4, 0.5) is 5.69 Å². The van der Waals surface area contributed by atoms with E-state index in [1.807, 2.05) is 22.7 Å². The van der Waals surface area contributed by atoms with E-state index < -0.39 is 0 Å². The summed E-state index contributed by atoms with van der Waals surface area (Å²) in [5.74, 6) is 1.50. The number of anilines is 1. The van der Waals surface area contributed by atoms with E-state index in [4.69, 9.17) is 5.73 Å². The maximum atomic E-state index is 5.84. The van der Waals surface area contributed by atoms with Crippen molar-refractivity contribution in [2.45, 2.75) is 32.2 Å². The standard InChI is InChI=1S/C13H19N5/c1-9(2)17-6-5-10(7-17)13-16-15-12-4-3-11(14)8-18(12)13/h3-4,8-10H,5-7,14H2,1-2H3. The van der Waals surface area contributed by atoms with Gasteiger partial charge in [0.05, 0.1) is 0 Å². The Bertz CT molecular complexity index is 560. The number of nitrogens with zero attached hydrogens (tertiary/aromatic N) is 4. The normalized spacial score (nSPS) is 21.2. The van der Waals surface area contributed by atoms with Gasteiger partial charge in [0.25, 0.3) is 0 Å². The molecule has 1 unspecified atom stereocenters. The summed E-state index contributed by atoms with van der Waals surface area (Å²) in [7, 11) is 0. The molecule has 1 fully saturated rings. The smallest absolute Gasteiger partial charge is 0.160 e. The predicted octanol–water partition coefficient (Wildman–Crippen LogP) is 1.51. The van der Waals surface area contributed by atoms with E-state index in [2.05, 4.69) is 28.9 Å². The molecule has 2 N–H and O–H groups in total. The van der Waals surface area contributed by atoms with Crippen LogP contribution in [0.1, 0.15) is 32.0 Å². The molecular weight excluding hydrogens is 226 g/mol. The summed E-state index contributed by atoms with van der Waals surface area (Å²) in [6.45, 7) is 6.68. The molecule has 2 aromatic rings. The predicted molar refractivity (Wildman–Crippen MR) is 71.5 cm³/mol. The Kier molecular flexibility index (Phi) is 2.70. The maximum Gasteiger partial charge on any atom is 0.160 e. The first-order valence-corrected chi connectivity index (χ1v) is 6.49. The zero-order chi connectivity index (χ0) is 12.7. The number of hydrogen-bond donors (Lipinski definition) is 1. The van der Waals surface area contributed by atoms with Crippen molar-refractivity contribution >= 4 is 11.3 Å². The molecule has 2 aromatic heterocycles. The van der Waals surface area contributed by atoms with E-state index >= 15 is 0 Å². The molecule has 1 aliphatic heterocycles. The average molecular weight is 245 g/mol. The number of likely N-dealkylation sites (tertiary alicyclic amines) is 1. The average Bonchev–Trinajstić information content (AvgIpc) is 2.93. The summed E-state index contributed by atoms with van der Waals surface area (Å²) in [5.41, 5.74) is 7.47. The zero-order valence-corrected chi connectivity index (χ0v) is 10.9. The van der Waals surface area contributed by atoms with Crippen LogP contribution >= 0.6 is 0 Å². The molecule has 18 heavy (non-hydrogen) atoms. The molecule has 0 radical (unpaired) electrons. The molecule has 5 heteroatoms. The quantitative estimate of drug-likeness (QED) is 0.871. The highest BCUT2D eigenvalue weighted by atomic mass is 15.3. The molecule has 0 bridgehead atoms. The second-order valence-electron chi connectivity index (χ2n) is 5.32. The summed E-state index contributed by atoms with van der Waals surface area (Å²) in [4.78, 5) is 2.48. The highest BCUT2D eigenvalue weighted by Crippen LogP contribution is 2.27. The van der Waals surface area contributed by atoms with Crippen LogP contribution < -0.4 is 5.73 Å². The minimum absolute atomic E-state index is 0.462. The van der Waals surface area contributed by atoms with Gasteiger partial charge in [-0.3, -0.25) is 4.40 Å². The molecule has 0 amide bonds. The molecule has 1 aliphatic rings. The first-order chi connectivity index (χ1) is 8.65. The molecule has 5 nitrogen and oxygen atoms in total. The van der Waals surface area contributed by atoms with E-state index in [0.717, 1.165) is 36.7 Å². The lowest BCUT2D eigenvalue weighted by atomic mass is 10.1.